The van der Waals surface area contributed by atoms with Crippen LogP contribution in [0.3, 0.4) is 0 Å². The Balaban J connectivity index is 1.91. The summed E-state index contributed by atoms with van der Waals surface area (Å²) in [6, 6.07) is 11.5. The van der Waals surface area contributed by atoms with Crippen LogP contribution in [0.1, 0.15) is 45.6 Å². The van der Waals surface area contributed by atoms with Gasteiger partial charge in [-0.15, -0.1) is 0 Å². The second kappa shape index (κ2) is 6.95. The molecule has 0 saturated carbocycles. The van der Waals surface area contributed by atoms with Gasteiger partial charge >= 0.3 is 0 Å². The highest BCUT2D eigenvalue weighted by Crippen LogP contribution is 2.27. The maximum atomic E-state index is 9.40. The van der Waals surface area contributed by atoms with Gasteiger partial charge in [-0.05, 0) is 58.1 Å². The zero-order valence-corrected chi connectivity index (χ0v) is 13.5. The van der Waals surface area contributed by atoms with Gasteiger partial charge in [-0.1, -0.05) is 18.2 Å². The van der Waals surface area contributed by atoms with Crippen molar-refractivity contribution in [2.45, 2.75) is 58.0 Å². The van der Waals surface area contributed by atoms with Gasteiger partial charge in [-0.3, -0.25) is 5.32 Å². The fourth-order valence-corrected chi connectivity index (χ4v) is 3.26. The van der Waals surface area contributed by atoms with Crippen LogP contribution in [0.25, 0.3) is 0 Å². The molecule has 3 nitrogen and oxygen atoms in total. The third kappa shape index (κ3) is 4.22. The molecule has 1 aliphatic heterocycles. The van der Waals surface area contributed by atoms with Gasteiger partial charge < -0.3 is 4.90 Å². The second-order valence-electron chi connectivity index (χ2n) is 6.57. The molecular weight excluding hydrogens is 258 g/mol. The lowest BCUT2D eigenvalue weighted by molar-refractivity contribution is 0.373. The van der Waals surface area contributed by atoms with E-state index in [1.807, 2.05) is 6.92 Å². The molecule has 114 valence electrons. The minimum absolute atomic E-state index is 0.338. The Hall–Kier alpha value is -1.53. The number of fused-ring (bicyclic) bond motifs is 1. The average Bonchev–Trinajstić information content (AvgIpc) is 2.47. The van der Waals surface area contributed by atoms with E-state index < -0.39 is 5.54 Å². The molecule has 0 fully saturated rings. The molecule has 0 amide bonds. The highest BCUT2D eigenvalue weighted by atomic mass is 15.1. The number of benzene rings is 1. The third-order valence-electron chi connectivity index (χ3n) is 4.17. The van der Waals surface area contributed by atoms with E-state index in [1.165, 1.54) is 24.1 Å². The van der Waals surface area contributed by atoms with Crippen molar-refractivity contribution < 1.29 is 0 Å². The van der Waals surface area contributed by atoms with Crippen LogP contribution in [0.2, 0.25) is 0 Å². The summed E-state index contributed by atoms with van der Waals surface area (Å²) in [5.74, 6) is 0. The number of anilines is 1. The van der Waals surface area contributed by atoms with E-state index in [4.69, 9.17) is 0 Å². The van der Waals surface area contributed by atoms with Crippen molar-refractivity contribution in [1.82, 2.24) is 5.32 Å². The van der Waals surface area contributed by atoms with Gasteiger partial charge in [0.2, 0.25) is 0 Å². The van der Waals surface area contributed by atoms with E-state index in [0.717, 1.165) is 25.9 Å². The van der Waals surface area contributed by atoms with E-state index in [2.05, 4.69) is 54.4 Å². The lowest BCUT2D eigenvalue weighted by Crippen LogP contribution is -2.45. The molecule has 0 spiro atoms. The summed E-state index contributed by atoms with van der Waals surface area (Å²) >= 11 is 0. The molecule has 2 rings (SSSR count). The average molecular weight is 285 g/mol. The van der Waals surface area contributed by atoms with Crippen LogP contribution >= 0.6 is 0 Å². The molecule has 1 N–H and O–H groups in total. The Morgan fingerprint density at radius 2 is 2.14 bits per heavy atom. The molecule has 3 heteroatoms. The van der Waals surface area contributed by atoms with Crippen molar-refractivity contribution in [3.8, 4) is 6.07 Å². The molecule has 1 atom stereocenters. The van der Waals surface area contributed by atoms with Gasteiger partial charge in [-0.25, -0.2) is 0 Å². The predicted octanol–water partition coefficient (Wildman–Crippen LogP) is 3.50. The smallest absolute Gasteiger partial charge is 0.104 e. The number of nitriles is 1. The van der Waals surface area contributed by atoms with Crippen molar-refractivity contribution in [1.29, 1.82) is 5.26 Å². The minimum atomic E-state index is -0.413. The van der Waals surface area contributed by atoms with Crippen LogP contribution in [0.15, 0.2) is 24.3 Å². The fraction of sp³-hybridized carbons (Fsp3) is 0.611. The van der Waals surface area contributed by atoms with Gasteiger partial charge in [-0.2, -0.15) is 5.26 Å². The second-order valence-corrected chi connectivity index (χ2v) is 6.57. The Kier molecular flexibility index (Phi) is 5.25. The molecule has 0 radical (unpaired) electrons. The van der Waals surface area contributed by atoms with E-state index in [0.29, 0.717) is 6.04 Å². The van der Waals surface area contributed by atoms with E-state index in [9.17, 15) is 5.26 Å². The molecule has 1 aromatic carbocycles. The van der Waals surface area contributed by atoms with E-state index in [-0.39, 0.29) is 0 Å². The van der Waals surface area contributed by atoms with Crippen molar-refractivity contribution in [2.75, 3.05) is 18.0 Å². The highest BCUT2D eigenvalue weighted by Gasteiger charge is 2.24. The van der Waals surface area contributed by atoms with Crippen molar-refractivity contribution >= 4 is 5.69 Å². The number of rotatable bonds is 6. The molecule has 0 saturated heterocycles. The first-order chi connectivity index (χ1) is 10.0. The molecule has 21 heavy (non-hydrogen) atoms. The molecule has 0 bridgehead atoms. The SMILES string of the molecule is CC(C)NC(C)(C#N)CCCN1CCCc2ccccc21. The molecular formula is C18H27N3. The first-order valence-corrected chi connectivity index (χ1v) is 8.06. The molecule has 1 heterocycles. The summed E-state index contributed by atoms with van der Waals surface area (Å²) < 4.78 is 0. The monoisotopic (exact) mass is 285 g/mol. The van der Waals surface area contributed by atoms with Crippen LogP contribution in [0.5, 0.6) is 0 Å². The van der Waals surface area contributed by atoms with Gasteiger partial charge in [0.15, 0.2) is 0 Å². The highest BCUT2D eigenvalue weighted by molar-refractivity contribution is 5.55. The Morgan fingerprint density at radius 3 is 2.86 bits per heavy atom. The van der Waals surface area contributed by atoms with Gasteiger partial charge in [0.05, 0.1) is 6.07 Å². The first kappa shape index (κ1) is 15.9. The molecule has 1 aromatic rings. The quantitative estimate of drug-likeness (QED) is 0.869. The normalized spacial score (nSPS) is 17.2. The summed E-state index contributed by atoms with van der Waals surface area (Å²) in [6.07, 6.45) is 4.35. The number of para-hydroxylation sites is 1. The summed E-state index contributed by atoms with van der Waals surface area (Å²) in [6.45, 7) is 8.37. The third-order valence-corrected chi connectivity index (χ3v) is 4.17. The Morgan fingerprint density at radius 1 is 1.38 bits per heavy atom. The van der Waals surface area contributed by atoms with Crippen LogP contribution in [-0.4, -0.2) is 24.7 Å². The largest absolute Gasteiger partial charge is 0.371 e. The predicted molar refractivity (Wildman–Crippen MR) is 88.5 cm³/mol. The van der Waals surface area contributed by atoms with Gasteiger partial charge in [0, 0.05) is 24.8 Å². The Labute approximate surface area is 129 Å². The van der Waals surface area contributed by atoms with Crippen LogP contribution in [0.4, 0.5) is 5.69 Å². The van der Waals surface area contributed by atoms with Crippen LogP contribution in [0, 0.1) is 11.3 Å². The zero-order chi connectivity index (χ0) is 15.3. The molecule has 0 aliphatic carbocycles. The minimum Gasteiger partial charge on any atom is -0.371 e. The van der Waals surface area contributed by atoms with Crippen molar-refractivity contribution in [2.24, 2.45) is 0 Å². The van der Waals surface area contributed by atoms with Crippen LogP contribution in [-0.2, 0) is 6.42 Å². The lowest BCUT2D eigenvalue weighted by atomic mass is 9.95. The van der Waals surface area contributed by atoms with E-state index >= 15 is 0 Å². The van der Waals surface area contributed by atoms with Gasteiger partial charge in [0.25, 0.3) is 0 Å². The number of hydrogen-bond donors (Lipinski definition) is 1. The van der Waals surface area contributed by atoms with Crippen LogP contribution < -0.4 is 10.2 Å². The first-order valence-electron chi connectivity index (χ1n) is 8.06. The maximum Gasteiger partial charge on any atom is 0.104 e. The lowest BCUT2D eigenvalue weighted by Gasteiger charge is -2.32. The zero-order valence-electron chi connectivity index (χ0n) is 13.5. The standard InChI is InChI=1S/C18H27N3/c1-15(2)20-18(3,14-19)11-7-13-21-12-6-9-16-8-4-5-10-17(16)21/h4-5,8,10,15,20H,6-7,9,11-13H2,1-3H3. The number of aryl methyl sites for hydroxylation is 1. The van der Waals surface area contributed by atoms with E-state index in [1.54, 1.807) is 0 Å². The summed E-state index contributed by atoms with van der Waals surface area (Å²) in [5, 5.41) is 12.8. The summed E-state index contributed by atoms with van der Waals surface area (Å²) in [7, 11) is 0. The summed E-state index contributed by atoms with van der Waals surface area (Å²) in [4.78, 5) is 2.48. The fourth-order valence-electron chi connectivity index (χ4n) is 3.26. The Bertz CT molecular complexity index is 503. The molecule has 1 aliphatic rings. The maximum absolute atomic E-state index is 9.40. The van der Waals surface area contributed by atoms with Crippen molar-refractivity contribution in [3.05, 3.63) is 29.8 Å². The van der Waals surface area contributed by atoms with Crippen molar-refractivity contribution in [3.63, 3.8) is 0 Å². The topological polar surface area (TPSA) is 39.1 Å². The number of nitrogens with zero attached hydrogens (tertiary/aromatic N) is 2. The molecule has 1 unspecified atom stereocenters. The van der Waals surface area contributed by atoms with Gasteiger partial charge in [0.1, 0.15) is 5.54 Å². The summed E-state index contributed by atoms with van der Waals surface area (Å²) in [5.41, 5.74) is 2.44. The number of hydrogen-bond acceptors (Lipinski definition) is 3. The molecule has 0 aromatic heterocycles. The number of nitrogens with one attached hydrogen (secondary N) is 1.